The number of aromatic nitrogens is 1. The Bertz CT molecular complexity index is 985. The highest BCUT2D eigenvalue weighted by molar-refractivity contribution is 5.56. The summed E-state index contributed by atoms with van der Waals surface area (Å²) in [5.41, 5.74) is 7.47. The van der Waals surface area contributed by atoms with Crippen LogP contribution in [0.3, 0.4) is 0 Å². The Balaban J connectivity index is 2.31. The minimum absolute atomic E-state index is 0.0217. The Morgan fingerprint density at radius 2 is 2.19 bits per heavy atom. The van der Waals surface area contributed by atoms with Crippen LogP contribution in [0, 0.1) is 18.3 Å². The normalized spacial score (nSPS) is 15.8. The summed E-state index contributed by atoms with van der Waals surface area (Å²) in [5.74, 6) is 0.239. The second-order valence-electron chi connectivity index (χ2n) is 5.95. The summed E-state index contributed by atoms with van der Waals surface area (Å²) in [7, 11) is 1.55. The molecule has 7 heteroatoms. The van der Waals surface area contributed by atoms with Crippen molar-refractivity contribution in [3.05, 3.63) is 69.0 Å². The summed E-state index contributed by atoms with van der Waals surface area (Å²) in [5, 5.41) is 18.9. The average molecular weight is 353 g/mol. The first kappa shape index (κ1) is 17.6. The van der Waals surface area contributed by atoms with Crippen LogP contribution < -0.4 is 20.8 Å². The van der Waals surface area contributed by atoms with Gasteiger partial charge in [-0.3, -0.25) is 4.79 Å². The number of aliphatic hydroxyl groups excluding tert-OH is 1. The van der Waals surface area contributed by atoms with E-state index in [2.05, 4.69) is 6.07 Å². The minimum atomic E-state index is -0.670. The average Bonchev–Trinajstić information content (AvgIpc) is 2.64. The predicted molar refractivity (Wildman–Crippen MR) is 94.8 cm³/mol. The standard InChI is InChI=1S/C19H19N3O4/c1-11-8-15-17(19(24)22(11)6-7-23)16(14(10-20)18(21)26-15)12-4-3-5-13(9-12)25-2/h3-5,8-9,16,23H,6-7,21H2,1-2H3/t16-/m1/s1. The molecule has 0 fully saturated rings. The SMILES string of the molecule is COc1cccc([C@@H]2C(C#N)=C(N)Oc3cc(C)n(CCO)c(=O)c32)c1. The summed E-state index contributed by atoms with van der Waals surface area (Å²) in [6, 6.07) is 10.9. The maximum absolute atomic E-state index is 13.1. The number of pyridine rings is 1. The van der Waals surface area contributed by atoms with Crippen LogP contribution >= 0.6 is 0 Å². The number of methoxy groups -OCH3 is 1. The van der Waals surface area contributed by atoms with E-state index < -0.39 is 5.92 Å². The van der Waals surface area contributed by atoms with Crippen LogP contribution in [0.5, 0.6) is 11.5 Å². The molecular weight excluding hydrogens is 334 g/mol. The zero-order valence-electron chi connectivity index (χ0n) is 14.5. The van der Waals surface area contributed by atoms with Gasteiger partial charge in [-0.25, -0.2) is 0 Å². The fraction of sp³-hybridized carbons (Fsp3) is 0.263. The molecule has 26 heavy (non-hydrogen) atoms. The van der Waals surface area contributed by atoms with Crippen molar-refractivity contribution in [2.24, 2.45) is 5.73 Å². The van der Waals surface area contributed by atoms with Gasteiger partial charge in [-0.2, -0.15) is 5.26 Å². The molecule has 7 nitrogen and oxygen atoms in total. The third-order valence-electron chi connectivity index (χ3n) is 4.44. The molecule has 2 heterocycles. The number of nitriles is 1. The van der Waals surface area contributed by atoms with Gasteiger partial charge in [0, 0.05) is 18.3 Å². The van der Waals surface area contributed by atoms with Gasteiger partial charge in [0.15, 0.2) is 0 Å². The first-order valence-electron chi connectivity index (χ1n) is 8.08. The van der Waals surface area contributed by atoms with E-state index in [0.717, 1.165) is 0 Å². The highest BCUT2D eigenvalue weighted by atomic mass is 16.5. The van der Waals surface area contributed by atoms with Gasteiger partial charge in [0.2, 0.25) is 5.88 Å². The molecule has 3 rings (SSSR count). The van der Waals surface area contributed by atoms with Crippen molar-refractivity contribution >= 4 is 0 Å². The van der Waals surface area contributed by atoms with E-state index in [1.807, 2.05) is 6.07 Å². The Morgan fingerprint density at radius 1 is 1.42 bits per heavy atom. The Kier molecular flexibility index (Phi) is 4.69. The largest absolute Gasteiger partial charge is 0.497 e. The second-order valence-corrected chi connectivity index (χ2v) is 5.95. The van der Waals surface area contributed by atoms with Crippen LogP contribution in [0.25, 0.3) is 0 Å². The molecule has 3 N–H and O–H groups in total. The lowest BCUT2D eigenvalue weighted by Gasteiger charge is -2.27. The zero-order valence-corrected chi connectivity index (χ0v) is 14.5. The van der Waals surface area contributed by atoms with Gasteiger partial charge < -0.3 is 24.9 Å². The molecule has 0 bridgehead atoms. The van der Waals surface area contributed by atoms with Crippen LogP contribution in [-0.2, 0) is 6.54 Å². The van der Waals surface area contributed by atoms with E-state index in [0.29, 0.717) is 28.3 Å². The van der Waals surface area contributed by atoms with Crippen molar-refractivity contribution in [1.82, 2.24) is 4.57 Å². The van der Waals surface area contributed by atoms with Gasteiger partial charge in [-0.1, -0.05) is 12.1 Å². The number of fused-ring (bicyclic) bond motifs is 1. The van der Waals surface area contributed by atoms with Crippen molar-refractivity contribution in [3.8, 4) is 17.6 Å². The van der Waals surface area contributed by atoms with E-state index in [1.165, 1.54) is 4.57 Å². The maximum atomic E-state index is 13.1. The molecule has 0 spiro atoms. The lowest BCUT2D eigenvalue weighted by molar-refractivity contribution is 0.272. The first-order chi connectivity index (χ1) is 12.5. The number of aliphatic hydroxyl groups is 1. The molecule has 0 aliphatic carbocycles. The van der Waals surface area contributed by atoms with Gasteiger partial charge in [0.1, 0.15) is 23.1 Å². The summed E-state index contributed by atoms with van der Waals surface area (Å²) < 4.78 is 12.3. The van der Waals surface area contributed by atoms with E-state index >= 15 is 0 Å². The summed E-state index contributed by atoms with van der Waals surface area (Å²) in [6.07, 6.45) is 0. The number of rotatable bonds is 4. The van der Waals surface area contributed by atoms with Crippen molar-refractivity contribution in [1.29, 1.82) is 5.26 Å². The highest BCUT2D eigenvalue weighted by Gasteiger charge is 2.34. The third-order valence-corrected chi connectivity index (χ3v) is 4.44. The zero-order chi connectivity index (χ0) is 18.8. The number of ether oxygens (including phenoxy) is 2. The monoisotopic (exact) mass is 353 g/mol. The summed E-state index contributed by atoms with van der Waals surface area (Å²) >= 11 is 0. The van der Waals surface area contributed by atoms with Crippen LogP contribution in [0.4, 0.5) is 0 Å². The number of nitrogens with two attached hydrogens (primary N) is 1. The minimum Gasteiger partial charge on any atom is -0.497 e. The van der Waals surface area contributed by atoms with Crippen molar-refractivity contribution < 1.29 is 14.6 Å². The highest BCUT2D eigenvalue weighted by Crippen LogP contribution is 2.41. The summed E-state index contributed by atoms with van der Waals surface area (Å²) in [4.78, 5) is 13.1. The van der Waals surface area contributed by atoms with Gasteiger partial charge in [-0.05, 0) is 24.6 Å². The van der Waals surface area contributed by atoms with Crippen LogP contribution in [0.2, 0.25) is 0 Å². The number of benzene rings is 1. The number of nitrogens with zero attached hydrogens (tertiary/aromatic N) is 2. The molecule has 1 aromatic carbocycles. The van der Waals surface area contributed by atoms with Crippen LogP contribution in [0.15, 0.2) is 46.6 Å². The fourth-order valence-electron chi connectivity index (χ4n) is 3.22. The first-order valence-corrected chi connectivity index (χ1v) is 8.08. The molecule has 1 aliphatic rings. The quantitative estimate of drug-likeness (QED) is 0.859. The van der Waals surface area contributed by atoms with Crippen LogP contribution in [-0.4, -0.2) is 23.4 Å². The number of aryl methyl sites for hydroxylation is 1. The lowest BCUT2D eigenvalue weighted by atomic mass is 9.84. The van der Waals surface area contributed by atoms with E-state index in [-0.39, 0.29) is 30.2 Å². The molecule has 1 aliphatic heterocycles. The van der Waals surface area contributed by atoms with Gasteiger partial charge in [0.05, 0.1) is 25.2 Å². The van der Waals surface area contributed by atoms with Gasteiger partial charge in [-0.15, -0.1) is 0 Å². The molecule has 1 atom stereocenters. The van der Waals surface area contributed by atoms with Gasteiger partial charge >= 0.3 is 0 Å². The van der Waals surface area contributed by atoms with Gasteiger partial charge in [0.25, 0.3) is 5.56 Å². The van der Waals surface area contributed by atoms with E-state index in [9.17, 15) is 15.2 Å². The molecule has 0 saturated heterocycles. The molecule has 1 aromatic heterocycles. The Morgan fingerprint density at radius 3 is 2.85 bits per heavy atom. The smallest absolute Gasteiger partial charge is 0.258 e. The van der Waals surface area contributed by atoms with E-state index in [1.54, 1.807) is 38.3 Å². The fourth-order valence-corrected chi connectivity index (χ4v) is 3.22. The van der Waals surface area contributed by atoms with Crippen molar-refractivity contribution in [2.75, 3.05) is 13.7 Å². The molecule has 134 valence electrons. The molecule has 0 radical (unpaired) electrons. The summed E-state index contributed by atoms with van der Waals surface area (Å²) in [6.45, 7) is 1.73. The predicted octanol–water partition coefficient (Wildman–Crippen LogP) is 1.38. The Labute approximate surface area is 150 Å². The number of hydrogen-bond acceptors (Lipinski definition) is 6. The van der Waals surface area contributed by atoms with Crippen molar-refractivity contribution in [3.63, 3.8) is 0 Å². The molecule has 0 saturated carbocycles. The Hall–Kier alpha value is -3.24. The molecule has 0 amide bonds. The maximum Gasteiger partial charge on any atom is 0.258 e. The number of allylic oxidation sites excluding steroid dienone is 1. The van der Waals surface area contributed by atoms with E-state index in [4.69, 9.17) is 15.2 Å². The lowest BCUT2D eigenvalue weighted by Crippen LogP contribution is -2.33. The second kappa shape index (κ2) is 6.94. The number of hydrogen-bond donors (Lipinski definition) is 2. The third kappa shape index (κ3) is 2.80. The molecule has 0 unspecified atom stereocenters. The molecular formula is C19H19N3O4. The van der Waals surface area contributed by atoms with Crippen LogP contribution in [0.1, 0.15) is 22.7 Å². The van der Waals surface area contributed by atoms with Crippen molar-refractivity contribution in [2.45, 2.75) is 19.4 Å². The topological polar surface area (TPSA) is 110 Å². The molecule has 2 aromatic rings.